The Labute approximate surface area is 143 Å². The van der Waals surface area contributed by atoms with E-state index in [1.807, 2.05) is 12.1 Å². The van der Waals surface area contributed by atoms with E-state index in [0.717, 1.165) is 43.3 Å². The van der Waals surface area contributed by atoms with Crippen molar-refractivity contribution >= 4 is 5.91 Å². The van der Waals surface area contributed by atoms with Gasteiger partial charge >= 0.3 is 0 Å². The van der Waals surface area contributed by atoms with Crippen molar-refractivity contribution in [3.05, 3.63) is 35.6 Å². The maximum atomic E-state index is 13.8. The molecular formula is C20H27FN2O. The zero-order valence-electron chi connectivity index (χ0n) is 14.2. The second-order valence-electron chi connectivity index (χ2n) is 7.93. The summed E-state index contributed by atoms with van der Waals surface area (Å²) >= 11 is 0. The van der Waals surface area contributed by atoms with Crippen LogP contribution >= 0.6 is 0 Å². The van der Waals surface area contributed by atoms with Gasteiger partial charge in [-0.3, -0.25) is 9.69 Å². The van der Waals surface area contributed by atoms with E-state index in [0.29, 0.717) is 12.6 Å². The summed E-state index contributed by atoms with van der Waals surface area (Å²) in [5.74, 6) is 1.87. The first-order valence-electron chi connectivity index (χ1n) is 9.45. The SMILES string of the molecule is O=C(N[C@H]1C[C@@H]2CC[C@@H]1C2)C1CCN(Cc2ccccc2F)CC1. The lowest BCUT2D eigenvalue weighted by molar-refractivity contribution is -0.127. The van der Waals surface area contributed by atoms with Crippen LogP contribution in [0, 0.1) is 23.6 Å². The van der Waals surface area contributed by atoms with Crippen LogP contribution in [0.4, 0.5) is 4.39 Å². The van der Waals surface area contributed by atoms with Gasteiger partial charge in [0.05, 0.1) is 0 Å². The molecule has 1 amide bonds. The lowest BCUT2D eigenvalue weighted by Gasteiger charge is -2.33. The van der Waals surface area contributed by atoms with Gasteiger partial charge in [0.2, 0.25) is 5.91 Å². The molecule has 1 aromatic rings. The summed E-state index contributed by atoms with van der Waals surface area (Å²) in [4.78, 5) is 14.8. The van der Waals surface area contributed by atoms with Crippen molar-refractivity contribution in [1.82, 2.24) is 10.2 Å². The van der Waals surface area contributed by atoms with Gasteiger partial charge in [-0.25, -0.2) is 4.39 Å². The smallest absolute Gasteiger partial charge is 0.223 e. The molecule has 3 aliphatic rings. The number of benzene rings is 1. The quantitative estimate of drug-likeness (QED) is 0.918. The molecule has 1 heterocycles. The van der Waals surface area contributed by atoms with Crippen molar-refractivity contribution in [2.45, 2.75) is 51.1 Å². The Balaban J connectivity index is 1.25. The number of carbonyl (C=O) groups is 1. The normalized spacial score (nSPS) is 30.6. The highest BCUT2D eigenvalue weighted by atomic mass is 19.1. The van der Waals surface area contributed by atoms with Crippen LogP contribution in [-0.4, -0.2) is 29.9 Å². The van der Waals surface area contributed by atoms with Crippen LogP contribution in [-0.2, 0) is 11.3 Å². The minimum Gasteiger partial charge on any atom is -0.353 e. The van der Waals surface area contributed by atoms with E-state index in [1.54, 1.807) is 6.07 Å². The molecule has 1 aromatic carbocycles. The van der Waals surface area contributed by atoms with Gasteiger partial charge in [0.1, 0.15) is 5.82 Å². The lowest BCUT2D eigenvalue weighted by Crippen LogP contribution is -2.45. The van der Waals surface area contributed by atoms with Crippen molar-refractivity contribution in [2.24, 2.45) is 17.8 Å². The van der Waals surface area contributed by atoms with Gasteiger partial charge in [-0.05, 0) is 63.1 Å². The van der Waals surface area contributed by atoms with Crippen LogP contribution in [0.15, 0.2) is 24.3 Å². The van der Waals surface area contributed by atoms with Crippen LogP contribution in [0.3, 0.4) is 0 Å². The molecular weight excluding hydrogens is 303 g/mol. The number of nitrogens with zero attached hydrogens (tertiary/aromatic N) is 1. The number of hydrogen-bond acceptors (Lipinski definition) is 2. The fraction of sp³-hybridized carbons (Fsp3) is 0.650. The number of rotatable bonds is 4. The van der Waals surface area contributed by atoms with Crippen molar-refractivity contribution in [3.8, 4) is 0 Å². The summed E-state index contributed by atoms with van der Waals surface area (Å²) in [5, 5.41) is 3.34. The van der Waals surface area contributed by atoms with E-state index in [2.05, 4.69) is 10.2 Å². The van der Waals surface area contributed by atoms with Gasteiger partial charge in [0.25, 0.3) is 0 Å². The number of amides is 1. The molecule has 3 fully saturated rings. The van der Waals surface area contributed by atoms with Crippen LogP contribution in [0.25, 0.3) is 0 Å². The van der Waals surface area contributed by atoms with E-state index in [9.17, 15) is 9.18 Å². The molecule has 0 radical (unpaired) electrons. The highest BCUT2D eigenvalue weighted by molar-refractivity contribution is 5.79. The predicted molar refractivity (Wildman–Crippen MR) is 91.8 cm³/mol. The molecule has 2 bridgehead atoms. The second-order valence-corrected chi connectivity index (χ2v) is 7.93. The Morgan fingerprint density at radius 2 is 1.92 bits per heavy atom. The minimum atomic E-state index is -0.131. The van der Waals surface area contributed by atoms with E-state index < -0.39 is 0 Å². The lowest BCUT2D eigenvalue weighted by atomic mass is 9.92. The molecule has 0 aromatic heterocycles. The number of carbonyl (C=O) groups excluding carboxylic acids is 1. The van der Waals surface area contributed by atoms with Gasteiger partial charge in [-0.15, -0.1) is 0 Å². The van der Waals surface area contributed by atoms with E-state index in [-0.39, 0.29) is 17.6 Å². The number of halogens is 1. The Morgan fingerprint density at radius 3 is 2.58 bits per heavy atom. The van der Waals surface area contributed by atoms with E-state index >= 15 is 0 Å². The third-order valence-electron chi connectivity index (χ3n) is 6.38. The molecule has 1 aliphatic heterocycles. The number of fused-ring (bicyclic) bond motifs is 2. The highest BCUT2D eigenvalue weighted by Gasteiger charge is 2.40. The first kappa shape index (κ1) is 16.1. The average Bonchev–Trinajstić information content (AvgIpc) is 3.20. The zero-order valence-corrected chi connectivity index (χ0v) is 14.2. The van der Waals surface area contributed by atoms with Gasteiger partial charge < -0.3 is 5.32 Å². The summed E-state index contributed by atoms with van der Waals surface area (Å²) < 4.78 is 13.8. The van der Waals surface area contributed by atoms with Crippen LogP contribution in [0.2, 0.25) is 0 Å². The molecule has 0 unspecified atom stereocenters. The topological polar surface area (TPSA) is 32.3 Å². The van der Waals surface area contributed by atoms with Crippen LogP contribution in [0.1, 0.15) is 44.1 Å². The van der Waals surface area contributed by atoms with Crippen LogP contribution < -0.4 is 5.32 Å². The number of piperidine rings is 1. The molecule has 1 N–H and O–H groups in total. The van der Waals surface area contributed by atoms with Gasteiger partial charge in [0, 0.05) is 24.1 Å². The third kappa shape index (κ3) is 3.34. The Morgan fingerprint density at radius 1 is 1.12 bits per heavy atom. The Kier molecular flexibility index (Phi) is 4.57. The average molecular weight is 330 g/mol. The molecule has 130 valence electrons. The number of nitrogens with one attached hydrogen (secondary N) is 1. The molecule has 2 saturated carbocycles. The molecule has 0 spiro atoms. The minimum absolute atomic E-state index is 0.131. The second kappa shape index (κ2) is 6.83. The third-order valence-corrected chi connectivity index (χ3v) is 6.38. The van der Waals surface area contributed by atoms with Crippen LogP contribution in [0.5, 0.6) is 0 Å². The van der Waals surface area contributed by atoms with Crippen molar-refractivity contribution in [1.29, 1.82) is 0 Å². The monoisotopic (exact) mass is 330 g/mol. The molecule has 1 saturated heterocycles. The summed E-state index contributed by atoms with van der Waals surface area (Å²) in [5.41, 5.74) is 0.752. The molecule has 3 atom stereocenters. The largest absolute Gasteiger partial charge is 0.353 e. The first-order chi connectivity index (χ1) is 11.7. The fourth-order valence-electron chi connectivity index (χ4n) is 4.94. The number of likely N-dealkylation sites (tertiary alicyclic amines) is 1. The predicted octanol–water partition coefficient (Wildman–Crippen LogP) is 3.34. The zero-order chi connectivity index (χ0) is 16.5. The van der Waals surface area contributed by atoms with Gasteiger partial charge in [-0.1, -0.05) is 24.6 Å². The van der Waals surface area contributed by atoms with Gasteiger partial charge in [0.15, 0.2) is 0 Å². The Bertz CT molecular complexity index is 597. The molecule has 3 nitrogen and oxygen atoms in total. The summed E-state index contributed by atoms with van der Waals surface area (Å²) in [6.45, 7) is 2.40. The van der Waals surface area contributed by atoms with Crippen molar-refractivity contribution < 1.29 is 9.18 Å². The van der Waals surface area contributed by atoms with Crippen molar-refractivity contribution in [3.63, 3.8) is 0 Å². The molecule has 4 rings (SSSR count). The molecule has 24 heavy (non-hydrogen) atoms. The molecule has 4 heteroatoms. The highest BCUT2D eigenvalue weighted by Crippen LogP contribution is 2.44. The number of hydrogen-bond donors (Lipinski definition) is 1. The Hall–Kier alpha value is -1.42. The summed E-state index contributed by atoms with van der Waals surface area (Å²) in [6, 6.07) is 7.42. The van der Waals surface area contributed by atoms with E-state index in [1.165, 1.54) is 31.7 Å². The standard InChI is InChI=1S/C20H27FN2O/c21-18-4-2-1-3-17(18)13-23-9-7-15(8-10-23)20(24)22-19-12-14-5-6-16(19)11-14/h1-4,14-16,19H,5-13H2,(H,22,24)/t14-,16-,19+/m1/s1. The van der Waals surface area contributed by atoms with Gasteiger partial charge in [-0.2, -0.15) is 0 Å². The van der Waals surface area contributed by atoms with E-state index in [4.69, 9.17) is 0 Å². The molecule has 2 aliphatic carbocycles. The maximum Gasteiger partial charge on any atom is 0.223 e. The summed E-state index contributed by atoms with van der Waals surface area (Å²) in [6.07, 6.45) is 6.97. The fourth-order valence-corrected chi connectivity index (χ4v) is 4.94. The first-order valence-corrected chi connectivity index (χ1v) is 9.45. The summed E-state index contributed by atoms with van der Waals surface area (Å²) in [7, 11) is 0. The maximum absolute atomic E-state index is 13.8. The van der Waals surface area contributed by atoms with Crippen molar-refractivity contribution in [2.75, 3.05) is 13.1 Å².